The van der Waals surface area contributed by atoms with E-state index >= 15 is 0 Å². The van der Waals surface area contributed by atoms with E-state index in [4.69, 9.17) is 4.42 Å². The molecule has 0 atom stereocenters. The van der Waals surface area contributed by atoms with Crippen molar-refractivity contribution in [2.45, 2.75) is 40.8 Å². The molecule has 2 aromatic rings. The van der Waals surface area contributed by atoms with E-state index in [1.807, 2.05) is 6.07 Å². The highest BCUT2D eigenvalue weighted by Crippen LogP contribution is 2.27. The molecule has 2 rings (SSSR count). The normalized spacial score (nSPS) is 11.9. The quantitative estimate of drug-likeness (QED) is 0.795. The van der Waals surface area contributed by atoms with Gasteiger partial charge < -0.3 is 9.73 Å². The van der Waals surface area contributed by atoms with Crippen LogP contribution >= 0.6 is 0 Å². The van der Waals surface area contributed by atoms with E-state index in [-0.39, 0.29) is 0 Å². The van der Waals surface area contributed by atoms with Crippen LogP contribution in [0, 0.1) is 5.92 Å². The molecule has 0 spiro atoms. The van der Waals surface area contributed by atoms with Crippen LogP contribution in [0.15, 0.2) is 28.7 Å². The Hall–Kier alpha value is -1.32. The number of furan rings is 1. The molecule has 3 nitrogen and oxygen atoms in total. The Kier molecular flexibility index (Phi) is 5.83. The third kappa shape index (κ3) is 4.08. The first-order chi connectivity index (χ1) is 10.2. The van der Waals surface area contributed by atoms with E-state index in [9.17, 15) is 0 Å². The molecule has 0 amide bonds. The van der Waals surface area contributed by atoms with Gasteiger partial charge in [0.2, 0.25) is 0 Å². The fraction of sp³-hybridized carbons (Fsp3) is 0.556. The molecule has 0 aliphatic heterocycles. The molecule has 0 aliphatic rings. The van der Waals surface area contributed by atoms with Gasteiger partial charge >= 0.3 is 0 Å². The molecule has 116 valence electrons. The van der Waals surface area contributed by atoms with E-state index < -0.39 is 0 Å². The van der Waals surface area contributed by atoms with Gasteiger partial charge in [0.1, 0.15) is 11.3 Å². The van der Waals surface area contributed by atoms with E-state index in [1.54, 1.807) is 0 Å². The van der Waals surface area contributed by atoms with Crippen LogP contribution in [0.25, 0.3) is 11.0 Å². The maximum absolute atomic E-state index is 6.13. The second-order valence-corrected chi connectivity index (χ2v) is 6.00. The predicted molar refractivity (Wildman–Crippen MR) is 89.4 cm³/mol. The second-order valence-electron chi connectivity index (χ2n) is 6.00. The molecule has 0 radical (unpaired) electrons. The first-order valence-corrected chi connectivity index (χ1v) is 8.08. The average Bonchev–Trinajstić information content (AvgIpc) is 2.81. The van der Waals surface area contributed by atoms with Crippen molar-refractivity contribution < 1.29 is 4.42 Å². The molecule has 0 unspecified atom stereocenters. The summed E-state index contributed by atoms with van der Waals surface area (Å²) >= 11 is 0. The standard InChI is InChI=1S/C18H28N2O/c1-5-19-11-16-15-9-7-8-10-17(15)21-18(16)13-20(6-2)12-14(3)4/h7-10,14,19H,5-6,11-13H2,1-4H3. The first-order valence-electron chi connectivity index (χ1n) is 8.08. The Morgan fingerprint density at radius 2 is 1.95 bits per heavy atom. The monoisotopic (exact) mass is 288 g/mol. The lowest BCUT2D eigenvalue weighted by Gasteiger charge is -2.21. The Labute approximate surface area is 128 Å². The third-order valence-corrected chi connectivity index (χ3v) is 3.77. The van der Waals surface area contributed by atoms with Crippen molar-refractivity contribution in [1.29, 1.82) is 0 Å². The van der Waals surface area contributed by atoms with Crippen molar-refractivity contribution in [2.75, 3.05) is 19.6 Å². The number of fused-ring (bicyclic) bond motifs is 1. The molecular formula is C18H28N2O. The molecule has 0 saturated carbocycles. The fourth-order valence-corrected chi connectivity index (χ4v) is 2.75. The van der Waals surface area contributed by atoms with Gasteiger partial charge in [-0.1, -0.05) is 45.9 Å². The van der Waals surface area contributed by atoms with E-state index in [0.29, 0.717) is 5.92 Å². The van der Waals surface area contributed by atoms with Gasteiger partial charge in [-0.25, -0.2) is 0 Å². The lowest BCUT2D eigenvalue weighted by atomic mass is 10.1. The number of nitrogens with zero attached hydrogens (tertiary/aromatic N) is 1. The summed E-state index contributed by atoms with van der Waals surface area (Å²) in [4.78, 5) is 2.46. The average molecular weight is 288 g/mol. The number of benzene rings is 1. The van der Waals surface area contributed by atoms with Gasteiger partial charge in [-0.05, 0) is 25.1 Å². The lowest BCUT2D eigenvalue weighted by Crippen LogP contribution is -2.27. The van der Waals surface area contributed by atoms with E-state index in [2.05, 4.69) is 56.1 Å². The minimum Gasteiger partial charge on any atom is -0.459 e. The zero-order chi connectivity index (χ0) is 15.2. The van der Waals surface area contributed by atoms with Crippen LogP contribution in [0.2, 0.25) is 0 Å². The Bertz CT molecular complexity index is 559. The number of hydrogen-bond donors (Lipinski definition) is 1. The minimum absolute atomic E-state index is 0.673. The topological polar surface area (TPSA) is 28.4 Å². The highest BCUT2D eigenvalue weighted by Gasteiger charge is 2.16. The molecule has 21 heavy (non-hydrogen) atoms. The summed E-state index contributed by atoms with van der Waals surface area (Å²) < 4.78 is 6.13. The number of nitrogens with one attached hydrogen (secondary N) is 1. The molecule has 1 N–H and O–H groups in total. The number of hydrogen-bond acceptors (Lipinski definition) is 3. The number of para-hydroxylation sites is 1. The highest BCUT2D eigenvalue weighted by atomic mass is 16.3. The van der Waals surface area contributed by atoms with Crippen LogP contribution in [-0.2, 0) is 13.1 Å². The molecule has 0 bridgehead atoms. The molecule has 0 saturated heterocycles. The predicted octanol–water partition coefficient (Wildman–Crippen LogP) is 4.02. The number of rotatable bonds is 8. The summed E-state index contributed by atoms with van der Waals surface area (Å²) in [7, 11) is 0. The molecule has 1 aromatic heterocycles. The van der Waals surface area contributed by atoms with Crippen molar-refractivity contribution >= 4 is 11.0 Å². The Balaban J connectivity index is 2.28. The molecule has 0 fully saturated rings. The summed E-state index contributed by atoms with van der Waals surface area (Å²) in [5, 5.41) is 4.68. The first kappa shape index (κ1) is 16.1. The van der Waals surface area contributed by atoms with Gasteiger partial charge in [0.25, 0.3) is 0 Å². The van der Waals surface area contributed by atoms with Gasteiger partial charge in [-0.15, -0.1) is 0 Å². The van der Waals surface area contributed by atoms with Gasteiger partial charge in [0.15, 0.2) is 0 Å². The van der Waals surface area contributed by atoms with Gasteiger partial charge in [0, 0.05) is 24.0 Å². The maximum Gasteiger partial charge on any atom is 0.134 e. The summed E-state index contributed by atoms with van der Waals surface area (Å²) in [5.41, 5.74) is 2.32. The smallest absolute Gasteiger partial charge is 0.134 e. The molecule has 1 heterocycles. The molecular weight excluding hydrogens is 260 g/mol. The van der Waals surface area contributed by atoms with E-state index in [0.717, 1.165) is 44.1 Å². The van der Waals surface area contributed by atoms with Crippen LogP contribution in [-0.4, -0.2) is 24.5 Å². The van der Waals surface area contributed by atoms with Crippen molar-refractivity contribution in [2.24, 2.45) is 5.92 Å². The van der Waals surface area contributed by atoms with Crippen LogP contribution in [0.3, 0.4) is 0 Å². The zero-order valence-electron chi connectivity index (χ0n) is 13.8. The van der Waals surface area contributed by atoms with Crippen LogP contribution in [0.5, 0.6) is 0 Å². The van der Waals surface area contributed by atoms with Crippen molar-refractivity contribution in [1.82, 2.24) is 10.2 Å². The van der Waals surface area contributed by atoms with Crippen LogP contribution in [0.4, 0.5) is 0 Å². The molecule has 3 heteroatoms. The van der Waals surface area contributed by atoms with Gasteiger partial charge in [0.05, 0.1) is 6.54 Å². The fourth-order valence-electron chi connectivity index (χ4n) is 2.75. The summed E-state index contributed by atoms with van der Waals surface area (Å²) in [6.07, 6.45) is 0. The third-order valence-electron chi connectivity index (χ3n) is 3.77. The lowest BCUT2D eigenvalue weighted by molar-refractivity contribution is 0.230. The zero-order valence-corrected chi connectivity index (χ0v) is 13.8. The van der Waals surface area contributed by atoms with Crippen molar-refractivity contribution in [3.8, 4) is 0 Å². The van der Waals surface area contributed by atoms with Crippen molar-refractivity contribution in [3.63, 3.8) is 0 Å². The van der Waals surface area contributed by atoms with E-state index in [1.165, 1.54) is 10.9 Å². The second kappa shape index (κ2) is 7.62. The Morgan fingerprint density at radius 3 is 2.62 bits per heavy atom. The summed E-state index contributed by atoms with van der Waals surface area (Å²) in [6, 6.07) is 8.35. The maximum atomic E-state index is 6.13. The molecule has 1 aromatic carbocycles. The Morgan fingerprint density at radius 1 is 1.19 bits per heavy atom. The minimum atomic E-state index is 0.673. The molecule has 0 aliphatic carbocycles. The summed E-state index contributed by atoms with van der Waals surface area (Å²) in [6.45, 7) is 13.8. The largest absolute Gasteiger partial charge is 0.459 e. The van der Waals surface area contributed by atoms with Gasteiger partial charge in [-0.2, -0.15) is 0 Å². The van der Waals surface area contributed by atoms with Gasteiger partial charge in [-0.3, -0.25) is 4.90 Å². The van der Waals surface area contributed by atoms with Crippen LogP contribution in [0.1, 0.15) is 39.0 Å². The summed E-state index contributed by atoms with van der Waals surface area (Å²) in [5.74, 6) is 1.78. The van der Waals surface area contributed by atoms with Crippen LogP contribution < -0.4 is 5.32 Å². The SMILES string of the molecule is CCNCc1c(CN(CC)CC(C)C)oc2ccccc12. The highest BCUT2D eigenvalue weighted by molar-refractivity contribution is 5.82. The van der Waals surface area contributed by atoms with Crippen molar-refractivity contribution in [3.05, 3.63) is 35.6 Å².